The van der Waals surface area contributed by atoms with Crippen molar-refractivity contribution in [3.8, 4) is 28.5 Å². The molecule has 4 rings (SSSR count). The second-order valence-corrected chi connectivity index (χ2v) is 6.57. The van der Waals surface area contributed by atoms with E-state index in [2.05, 4.69) is 20.5 Å². The summed E-state index contributed by atoms with van der Waals surface area (Å²) >= 11 is 0. The standard InChI is InChI=1S/C22H23N5O3/c1-28-17-10-14(11-18(29-2)21(17)30-3)24-22-20-16(9-15(12-23)25-22)19(26-27-20)13-7-5-4-6-8-13/h4-11H,12,23H2,1-3H3,(H,24,25)(H,26,27). The Kier molecular flexibility index (Phi) is 5.40. The lowest BCUT2D eigenvalue weighted by molar-refractivity contribution is 0.324. The molecule has 4 aromatic rings. The molecule has 0 spiro atoms. The number of aromatic nitrogens is 3. The Balaban J connectivity index is 1.83. The number of aromatic amines is 1. The molecule has 0 saturated carbocycles. The molecule has 0 aliphatic heterocycles. The largest absolute Gasteiger partial charge is 0.493 e. The zero-order chi connectivity index (χ0) is 21.1. The Bertz CT molecular complexity index is 1150. The van der Waals surface area contributed by atoms with Gasteiger partial charge in [0.1, 0.15) is 11.2 Å². The number of rotatable bonds is 7. The number of nitrogens with two attached hydrogens (primary N) is 1. The maximum absolute atomic E-state index is 5.91. The molecule has 0 aliphatic carbocycles. The van der Waals surface area contributed by atoms with Crippen LogP contribution in [-0.2, 0) is 6.54 Å². The first-order valence-electron chi connectivity index (χ1n) is 9.39. The van der Waals surface area contributed by atoms with Gasteiger partial charge in [-0.2, -0.15) is 5.10 Å². The van der Waals surface area contributed by atoms with Gasteiger partial charge in [0, 0.05) is 35.3 Å². The predicted molar refractivity (Wildman–Crippen MR) is 117 cm³/mol. The molecule has 2 aromatic heterocycles. The maximum atomic E-state index is 5.91. The highest BCUT2D eigenvalue weighted by Gasteiger charge is 2.17. The van der Waals surface area contributed by atoms with Crippen molar-refractivity contribution >= 4 is 22.4 Å². The number of nitrogens with one attached hydrogen (secondary N) is 2. The fraction of sp³-hybridized carbons (Fsp3) is 0.182. The molecule has 2 aromatic carbocycles. The fourth-order valence-corrected chi connectivity index (χ4v) is 3.37. The van der Waals surface area contributed by atoms with Gasteiger partial charge in [-0.1, -0.05) is 30.3 Å². The zero-order valence-electron chi connectivity index (χ0n) is 17.0. The number of ether oxygens (including phenoxy) is 3. The zero-order valence-corrected chi connectivity index (χ0v) is 17.0. The maximum Gasteiger partial charge on any atom is 0.203 e. The van der Waals surface area contributed by atoms with Crippen molar-refractivity contribution in [2.24, 2.45) is 5.73 Å². The van der Waals surface area contributed by atoms with Gasteiger partial charge in [-0.25, -0.2) is 4.98 Å². The van der Waals surface area contributed by atoms with E-state index >= 15 is 0 Å². The van der Waals surface area contributed by atoms with Crippen LogP contribution in [0.4, 0.5) is 11.5 Å². The van der Waals surface area contributed by atoms with Crippen molar-refractivity contribution in [1.29, 1.82) is 0 Å². The summed E-state index contributed by atoms with van der Waals surface area (Å²) in [6, 6.07) is 15.6. The van der Waals surface area contributed by atoms with Crippen molar-refractivity contribution < 1.29 is 14.2 Å². The van der Waals surface area contributed by atoms with Crippen molar-refractivity contribution in [2.75, 3.05) is 26.6 Å². The summed E-state index contributed by atoms with van der Waals surface area (Å²) in [5.74, 6) is 2.21. The molecule has 2 heterocycles. The summed E-state index contributed by atoms with van der Waals surface area (Å²) in [5, 5.41) is 11.9. The highest BCUT2D eigenvalue weighted by Crippen LogP contribution is 2.41. The van der Waals surface area contributed by atoms with Gasteiger partial charge < -0.3 is 25.3 Å². The molecule has 0 unspecified atom stereocenters. The third-order valence-corrected chi connectivity index (χ3v) is 4.79. The number of benzene rings is 2. The van der Waals surface area contributed by atoms with Crippen LogP contribution in [0.2, 0.25) is 0 Å². The molecule has 154 valence electrons. The number of methoxy groups -OCH3 is 3. The first-order valence-corrected chi connectivity index (χ1v) is 9.39. The third-order valence-electron chi connectivity index (χ3n) is 4.79. The SMILES string of the molecule is COc1cc(Nc2nc(CN)cc3c(-c4ccccc4)n[nH]c23)cc(OC)c1OC. The van der Waals surface area contributed by atoms with Gasteiger partial charge in [0.2, 0.25) is 5.75 Å². The second-order valence-electron chi connectivity index (χ2n) is 6.57. The first kappa shape index (κ1) is 19.5. The molecule has 8 nitrogen and oxygen atoms in total. The second kappa shape index (κ2) is 8.30. The Labute approximate surface area is 174 Å². The Morgan fingerprint density at radius 3 is 2.27 bits per heavy atom. The van der Waals surface area contributed by atoms with Gasteiger partial charge >= 0.3 is 0 Å². The molecule has 30 heavy (non-hydrogen) atoms. The van der Waals surface area contributed by atoms with E-state index < -0.39 is 0 Å². The van der Waals surface area contributed by atoms with Gasteiger partial charge in [-0.15, -0.1) is 0 Å². The third kappa shape index (κ3) is 3.48. The summed E-state index contributed by atoms with van der Waals surface area (Å²) in [6.07, 6.45) is 0. The van der Waals surface area contributed by atoms with Crippen LogP contribution in [-0.4, -0.2) is 36.5 Å². The Morgan fingerprint density at radius 2 is 1.67 bits per heavy atom. The lowest BCUT2D eigenvalue weighted by Crippen LogP contribution is -2.04. The number of nitrogens with zero attached hydrogens (tertiary/aromatic N) is 2. The van der Waals surface area contributed by atoms with Gasteiger partial charge in [-0.05, 0) is 6.07 Å². The molecule has 0 radical (unpaired) electrons. The summed E-state index contributed by atoms with van der Waals surface area (Å²) in [4.78, 5) is 4.66. The van der Waals surface area contributed by atoms with E-state index in [1.165, 1.54) is 0 Å². The first-order chi connectivity index (χ1) is 14.7. The van der Waals surface area contributed by atoms with Crippen LogP contribution in [0.25, 0.3) is 22.2 Å². The molecular weight excluding hydrogens is 382 g/mol. The molecule has 0 amide bonds. The van der Waals surface area contributed by atoms with E-state index in [4.69, 9.17) is 19.9 Å². The van der Waals surface area contributed by atoms with Crippen molar-refractivity contribution in [3.63, 3.8) is 0 Å². The average Bonchev–Trinajstić information content (AvgIpc) is 3.23. The summed E-state index contributed by atoms with van der Waals surface area (Å²) in [5.41, 5.74) is 10.0. The number of hydrogen-bond acceptors (Lipinski definition) is 7. The monoisotopic (exact) mass is 405 g/mol. The van der Waals surface area contributed by atoms with Gasteiger partial charge in [0.05, 0.1) is 27.0 Å². The molecule has 8 heteroatoms. The van der Waals surface area contributed by atoms with Crippen LogP contribution in [0.15, 0.2) is 48.5 Å². The molecule has 0 bridgehead atoms. The normalized spacial score (nSPS) is 10.8. The van der Waals surface area contributed by atoms with Crippen LogP contribution in [0.3, 0.4) is 0 Å². The Hall–Kier alpha value is -3.78. The van der Waals surface area contributed by atoms with Crippen molar-refractivity contribution in [2.45, 2.75) is 6.54 Å². The highest BCUT2D eigenvalue weighted by atomic mass is 16.5. The Morgan fingerprint density at radius 1 is 0.967 bits per heavy atom. The number of H-pyrrole nitrogens is 1. The summed E-state index contributed by atoms with van der Waals surface area (Å²) in [6.45, 7) is 0.305. The number of fused-ring (bicyclic) bond motifs is 1. The average molecular weight is 405 g/mol. The van der Waals surface area contributed by atoms with E-state index in [0.717, 1.165) is 33.5 Å². The summed E-state index contributed by atoms with van der Waals surface area (Å²) < 4.78 is 16.3. The van der Waals surface area contributed by atoms with Crippen LogP contribution in [0.1, 0.15) is 5.69 Å². The van der Waals surface area contributed by atoms with Crippen LogP contribution < -0.4 is 25.3 Å². The van der Waals surface area contributed by atoms with Crippen LogP contribution >= 0.6 is 0 Å². The number of pyridine rings is 1. The van der Waals surface area contributed by atoms with Crippen molar-refractivity contribution in [3.05, 3.63) is 54.2 Å². The highest BCUT2D eigenvalue weighted by molar-refractivity contribution is 5.99. The minimum Gasteiger partial charge on any atom is -0.493 e. The topological polar surface area (TPSA) is 107 Å². The molecule has 0 aliphatic rings. The smallest absolute Gasteiger partial charge is 0.203 e. The van der Waals surface area contributed by atoms with Gasteiger partial charge in [0.15, 0.2) is 17.3 Å². The molecule has 0 fully saturated rings. The predicted octanol–water partition coefficient (Wildman–Crippen LogP) is 3.85. The van der Waals surface area contributed by atoms with Crippen LogP contribution in [0.5, 0.6) is 17.2 Å². The van der Waals surface area contributed by atoms with E-state index in [9.17, 15) is 0 Å². The van der Waals surface area contributed by atoms with Gasteiger partial charge in [0.25, 0.3) is 0 Å². The van der Waals surface area contributed by atoms with E-state index in [1.807, 2.05) is 48.5 Å². The lowest BCUT2D eigenvalue weighted by atomic mass is 10.1. The molecular formula is C22H23N5O3. The minimum absolute atomic E-state index is 0.305. The van der Waals surface area contributed by atoms with Crippen molar-refractivity contribution in [1.82, 2.24) is 15.2 Å². The molecule has 0 atom stereocenters. The summed E-state index contributed by atoms with van der Waals surface area (Å²) in [7, 11) is 4.72. The fourth-order valence-electron chi connectivity index (χ4n) is 3.37. The lowest BCUT2D eigenvalue weighted by Gasteiger charge is -2.15. The van der Waals surface area contributed by atoms with E-state index in [1.54, 1.807) is 21.3 Å². The van der Waals surface area contributed by atoms with E-state index in [-0.39, 0.29) is 0 Å². The molecule has 0 saturated heterocycles. The minimum atomic E-state index is 0.305. The quantitative estimate of drug-likeness (QED) is 0.429. The number of anilines is 2. The van der Waals surface area contributed by atoms with Crippen LogP contribution in [0, 0.1) is 0 Å². The van der Waals surface area contributed by atoms with Gasteiger partial charge in [-0.3, -0.25) is 5.10 Å². The molecule has 4 N–H and O–H groups in total. The van der Waals surface area contributed by atoms with E-state index in [0.29, 0.717) is 29.6 Å². The number of hydrogen-bond donors (Lipinski definition) is 3.